The molecule has 0 fully saturated rings. The molecule has 0 amide bonds. The van der Waals surface area contributed by atoms with Crippen LogP contribution in [-0.2, 0) is 13.6 Å². The normalized spacial score (nSPS) is 10.3. The van der Waals surface area contributed by atoms with Crippen molar-refractivity contribution in [2.45, 2.75) is 13.5 Å². The quantitative estimate of drug-likeness (QED) is 0.825. The van der Waals surface area contributed by atoms with Crippen molar-refractivity contribution in [3.05, 3.63) is 47.3 Å². The molecular weight excluding hydrogens is 244 g/mol. The van der Waals surface area contributed by atoms with Crippen LogP contribution in [0.3, 0.4) is 0 Å². The van der Waals surface area contributed by atoms with Crippen molar-refractivity contribution < 1.29 is 0 Å². The first-order chi connectivity index (χ1) is 8.56. The fourth-order valence-corrected chi connectivity index (χ4v) is 2.05. The van der Waals surface area contributed by atoms with Crippen LogP contribution in [0.2, 0.25) is 0 Å². The van der Waals surface area contributed by atoms with E-state index in [1.807, 2.05) is 44.6 Å². The minimum atomic E-state index is 0.436. The molecule has 0 saturated heterocycles. The van der Waals surface area contributed by atoms with E-state index in [9.17, 15) is 0 Å². The highest BCUT2D eigenvalue weighted by Crippen LogP contribution is 2.16. The van der Waals surface area contributed by atoms with E-state index in [1.165, 1.54) is 0 Å². The summed E-state index contributed by atoms with van der Waals surface area (Å²) in [4.78, 5) is 0.436. The Bertz CT molecular complexity index is 574. The summed E-state index contributed by atoms with van der Waals surface area (Å²) in [5.41, 5.74) is 9.84. The molecule has 5 heteroatoms. The lowest BCUT2D eigenvalue weighted by Gasteiger charge is -2.09. The smallest absolute Gasteiger partial charge is 0.104 e. The summed E-state index contributed by atoms with van der Waals surface area (Å²) in [5, 5.41) is 7.47. The van der Waals surface area contributed by atoms with Crippen LogP contribution in [0.5, 0.6) is 0 Å². The molecule has 18 heavy (non-hydrogen) atoms. The maximum atomic E-state index is 5.63. The number of benzene rings is 1. The number of rotatable bonds is 4. The van der Waals surface area contributed by atoms with Crippen LogP contribution >= 0.6 is 12.2 Å². The van der Waals surface area contributed by atoms with Gasteiger partial charge in [0.1, 0.15) is 4.99 Å². The molecule has 0 aliphatic rings. The average Bonchev–Trinajstić information content (AvgIpc) is 2.72. The number of thiocarbonyl (C=S) groups is 1. The minimum Gasteiger partial charge on any atom is -0.389 e. The Morgan fingerprint density at radius 1 is 1.50 bits per heavy atom. The zero-order chi connectivity index (χ0) is 13.1. The van der Waals surface area contributed by atoms with Gasteiger partial charge in [0.2, 0.25) is 0 Å². The molecule has 0 atom stereocenters. The minimum absolute atomic E-state index is 0.436. The molecule has 0 bridgehead atoms. The number of hydrogen-bond donors (Lipinski definition) is 2. The Hall–Kier alpha value is -1.88. The molecular formula is C13H16N4S. The van der Waals surface area contributed by atoms with Gasteiger partial charge in [-0.25, -0.2) is 0 Å². The number of aromatic nitrogens is 2. The Balaban J connectivity index is 2.06. The summed E-state index contributed by atoms with van der Waals surface area (Å²) >= 11 is 4.98. The molecule has 0 saturated carbocycles. The van der Waals surface area contributed by atoms with Crippen molar-refractivity contribution in [2.24, 2.45) is 12.8 Å². The van der Waals surface area contributed by atoms with Crippen LogP contribution in [0.15, 0.2) is 30.6 Å². The van der Waals surface area contributed by atoms with Gasteiger partial charge in [0.15, 0.2) is 0 Å². The third-order valence-electron chi connectivity index (χ3n) is 2.75. The predicted molar refractivity (Wildman–Crippen MR) is 77.6 cm³/mol. The molecule has 2 rings (SSSR count). The van der Waals surface area contributed by atoms with Crippen molar-refractivity contribution in [3.63, 3.8) is 0 Å². The molecule has 4 nitrogen and oxygen atoms in total. The van der Waals surface area contributed by atoms with E-state index in [0.29, 0.717) is 4.99 Å². The number of nitrogens with zero attached hydrogens (tertiary/aromatic N) is 2. The summed E-state index contributed by atoms with van der Waals surface area (Å²) in [6.07, 6.45) is 3.84. The van der Waals surface area contributed by atoms with Crippen molar-refractivity contribution in [3.8, 4) is 0 Å². The zero-order valence-corrected chi connectivity index (χ0v) is 11.3. The van der Waals surface area contributed by atoms with Gasteiger partial charge in [-0.05, 0) is 30.7 Å². The number of aryl methyl sites for hydroxylation is 2. The molecule has 0 aliphatic carbocycles. The monoisotopic (exact) mass is 260 g/mol. The van der Waals surface area contributed by atoms with Gasteiger partial charge in [-0.2, -0.15) is 5.10 Å². The molecule has 1 aromatic carbocycles. The summed E-state index contributed by atoms with van der Waals surface area (Å²) in [5.74, 6) is 0. The van der Waals surface area contributed by atoms with E-state index in [4.69, 9.17) is 18.0 Å². The molecule has 3 N–H and O–H groups in total. The molecule has 0 spiro atoms. The van der Waals surface area contributed by atoms with Gasteiger partial charge in [0.05, 0.1) is 6.20 Å². The van der Waals surface area contributed by atoms with Gasteiger partial charge >= 0.3 is 0 Å². The van der Waals surface area contributed by atoms with Gasteiger partial charge in [0.25, 0.3) is 0 Å². The Morgan fingerprint density at radius 3 is 2.83 bits per heavy atom. The lowest BCUT2D eigenvalue weighted by Crippen LogP contribution is -2.11. The van der Waals surface area contributed by atoms with Crippen LogP contribution < -0.4 is 11.1 Å². The highest BCUT2D eigenvalue weighted by atomic mass is 32.1. The van der Waals surface area contributed by atoms with Crippen molar-refractivity contribution in [1.82, 2.24) is 9.78 Å². The molecule has 0 radical (unpaired) electrons. The molecule has 1 aromatic heterocycles. The summed E-state index contributed by atoms with van der Waals surface area (Å²) in [6.45, 7) is 2.75. The average molecular weight is 260 g/mol. The van der Waals surface area contributed by atoms with Gasteiger partial charge in [-0.1, -0.05) is 12.2 Å². The number of hydrogen-bond acceptors (Lipinski definition) is 3. The Morgan fingerprint density at radius 2 is 2.28 bits per heavy atom. The molecule has 0 aliphatic heterocycles. The lowest BCUT2D eigenvalue weighted by molar-refractivity contribution is 0.767. The maximum absolute atomic E-state index is 5.63. The first-order valence-corrected chi connectivity index (χ1v) is 6.09. The lowest BCUT2D eigenvalue weighted by atomic mass is 10.1. The van der Waals surface area contributed by atoms with Crippen LogP contribution in [0.1, 0.15) is 16.7 Å². The first kappa shape index (κ1) is 12.6. The summed E-state index contributed by atoms with van der Waals surface area (Å²) < 4.78 is 1.79. The summed E-state index contributed by atoms with van der Waals surface area (Å²) in [6, 6.07) is 5.98. The molecule has 94 valence electrons. The number of nitrogens with one attached hydrogen (secondary N) is 1. The summed E-state index contributed by atoms with van der Waals surface area (Å²) in [7, 11) is 1.91. The highest BCUT2D eigenvalue weighted by molar-refractivity contribution is 7.80. The van der Waals surface area contributed by atoms with Gasteiger partial charge < -0.3 is 11.1 Å². The second-order valence-corrected chi connectivity index (χ2v) is 4.71. The van der Waals surface area contributed by atoms with Crippen molar-refractivity contribution in [1.29, 1.82) is 0 Å². The van der Waals surface area contributed by atoms with Crippen molar-refractivity contribution in [2.75, 3.05) is 5.32 Å². The number of nitrogens with two attached hydrogens (primary N) is 1. The van der Waals surface area contributed by atoms with Gasteiger partial charge in [-0.3, -0.25) is 4.68 Å². The van der Waals surface area contributed by atoms with Gasteiger partial charge in [0, 0.05) is 36.6 Å². The van der Waals surface area contributed by atoms with Crippen LogP contribution in [-0.4, -0.2) is 14.8 Å². The number of anilines is 1. The second kappa shape index (κ2) is 5.18. The fourth-order valence-electron chi connectivity index (χ4n) is 1.82. The third-order valence-corrected chi connectivity index (χ3v) is 2.97. The van der Waals surface area contributed by atoms with E-state index in [2.05, 4.69) is 10.4 Å². The van der Waals surface area contributed by atoms with Crippen LogP contribution in [0.25, 0.3) is 0 Å². The SMILES string of the molecule is Cc1cc(NCc2cnn(C)c2)ccc1C(N)=S. The van der Waals surface area contributed by atoms with Gasteiger partial charge in [-0.15, -0.1) is 0 Å². The van der Waals surface area contributed by atoms with Crippen molar-refractivity contribution >= 4 is 22.9 Å². The first-order valence-electron chi connectivity index (χ1n) is 5.68. The largest absolute Gasteiger partial charge is 0.389 e. The zero-order valence-electron chi connectivity index (χ0n) is 10.5. The van der Waals surface area contributed by atoms with Crippen LogP contribution in [0, 0.1) is 6.92 Å². The van der Waals surface area contributed by atoms with Crippen LogP contribution in [0.4, 0.5) is 5.69 Å². The molecule has 1 heterocycles. The topological polar surface area (TPSA) is 55.9 Å². The highest BCUT2D eigenvalue weighted by Gasteiger charge is 2.03. The second-order valence-electron chi connectivity index (χ2n) is 4.27. The van der Waals surface area contributed by atoms with E-state index < -0.39 is 0 Å². The maximum Gasteiger partial charge on any atom is 0.104 e. The van der Waals surface area contributed by atoms with E-state index >= 15 is 0 Å². The Kier molecular flexibility index (Phi) is 3.62. The Labute approximate surface area is 112 Å². The standard InChI is InChI=1S/C13H16N4S/c1-9-5-11(3-4-12(9)13(14)18)15-6-10-7-16-17(2)8-10/h3-5,7-8,15H,6H2,1-2H3,(H2,14,18). The fraction of sp³-hybridized carbons (Fsp3) is 0.231. The third kappa shape index (κ3) is 2.87. The molecule has 0 unspecified atom stereocenters. The van der Waals surface area contributed by atoms with E-state index in [-0.39, 0.29) is 0 Å². The molecule has 2 aromatic rings. The van der Waals surface area contributed by atoms with E-state index in [0.717, 1.165) is 28.9 Å². The van der Waals surface area contributed by atoms with E-state index in [1.54, 1.807) is 4.68 Å². The predicted octanol–water partition coefficient (Wildman–Crippen LogP) is 1.97.